The second-order valence-electron chi connectivity index (χ2n) is 8.88. The summed E-state index contributed by atoms with van der Waals surface area (Å²) >= 11 is 0. The number of unbranched alkanes of at least 4 members (excludes halogenated alkanes) is 2. The zero-order chi connectivity index (χ0) is 26.2. The predicted octanol–water partition coefficient (Wildman–Crippen LogP) is 6.40. The van der Waals surface area contributed by atoms with Crippen LogP contribution in [0.25, 0.3) is 6.08 Å². The summed E-state index contributed by atoms with van der Waals surface area (Å²) < 4.78 is 17.4. The van der Waals surface area contributed by atoms with Crippen molar-refractivity contribution >= 4 is 12.0 Å². The fourth-order valence-corrected chi connectivity index (χ4v) is 4.20. The molecule has 6 heteroatoms. The molecule has 1 unspecified atom stereocenters. The van der Waals surface area contributed by atoms with Crippen molar-refractivity contribution in [1.82, 2.24) is 0 Å². The second kappa shape index (κ2) is 12.0. The molecule has 0 spiro atoms. The van der Waals surface area contributed by atoms with E-state index in [9.17, 15) is 10.1 Å². The SMILES string of the molecule is CCCCCOc1ccccc1C1C(C#N)=C(N)Oc2cc(OC(=O)/C=C/c3ccc(C)cc3)ccc21. The van der Waals surface area contributed by atoms with E-state index in [1.807, 2.05) is 55.5 Å². The molecule has 0 radical (unpaired) electrons. The van der Waals surface area contributed by atoms with Crippen LogP contribution in [0.2, 0.25) is 0 Å². The lowest BCUT2D eigenvalue weighted by Crippen LogP contribution is -2.21. The molecule has 1 aliphatic rings. The quantitative estimate of drug-likeness (QED) is 0.160. The maximum absolute atomic E-state index is 12.4. The van der Waals surface area contributed by atoms with Gasteiger partial charge < -0.3 is 19.9 Å². The van der Waals surface area contributed by atoms with Gasteiger partial charge in [-0.3, -0.25) is 0 Å². The number of benzene rings is 3. The highest BCUT2D eigenvalue weighted by atomic mass is 16.5. The number of fused-ring (bicyclic) bond motifs is 1. The molecular weight excluding hydrogens is 464 g/mol. The lowest BCUT2D eigenvalue weighted by atomic mass is 9.83. The van der Waals surface area contributed by atoms with Crippen LogP contribution in [-0.4, -0.2) is 12.6 Å². The summed E-state index contributed by atoms with van der Waals surface area (Å²) in [4.78, 5) is 12.4. The smallest absolute Gasteiger partial charge is 0.336 e. The van der Waals surface area contributed by atoms with Gasteiger partial charge >= 0.3 is 5.97 Å². The Morgan fingerprint density at radius 3 is 2.62 bits per heavy atom. The first kappa shape index (κ1) is 25.6. The molecule has 0 fully saturated rings. The first-order chi connectivity index (χ1) is 18.0. The Morgan fingerprint density at radius 2 is 1.86 bits per heavy atom. The zero-order valence-electron chi connectivity index (χ0n) is 21.1. The van der Waals surface area contributed by atoms with E-state index in [4.69, 9.17) is 19.9 Å². The summed E-state index contributed by atoms with van der Waals surface area (Å²) in [7, 11) is 0. The number of ether oxygens (including phenoxy) is 3. The molecule has 3 aromatic rings. The third kappa shape index (κ3) is 6.20. The van der Waals surface area contributed by atoms with Gasteiger partial charge in [-0.1, -0.05) is 73.9 Å². The van der Waals surface area contributed by atoms with E-state index in [0.717, 1.165) is 41.5 Å². The summed E-state index contributed by atoms with van der Waals surface area (Å²) in [6, 6.07) is 22.8. The van der Waals surface area contributed by atoms with Crippen LogP contribution in [0.3, 0.4) is 0 Å². The average molecular weight is 495 g/mol. The van der Waals surface area contributed by atoms with Crippen LogP contribution in [0.5, 0.6) is 17.2 Å². The van der Waals surface area contributed by atoms with E-state index in [0.29, 0.717) is 29.4 Å². The summed E-state index contributed by atoms with van der Waals surface area (Å²) in [5.41, 5.74) is 10.1. The number of nitrogens with zero attached hydrogens (tertiary/aromatic N) is 1. The number of carbonyl (C=O) groups excluding carboxylic acids is 1. The van der Waals surface area contributed by atoms with Crippen molar-refractivity contribution in [2.24, 2.45) is 5.73 Å². The van der Waals surface area contributed by atoms with Gasteiger partial charge in [0.1, 0.15) is 28.9 Å². The van der Waals surface area contributed by atoms with Crippen LogP contribution in [0.15, 0.2) is 84.3 Å². The minimum atomic E-state index is -0.514. The van der Waals surface area contributed by atoms with E-state index in [2.05, 4.69) is 13.0 Å². The van der Waals surface area contributed by atoms with Gasteiger partial charge in [-0.2, -0.15) is 5.26 Å². The zero-order valence-corrected chi connectivity index (χ0v) is 21.1. The number of aryl methyl sites for hydroxylation is 1. The Labute approximate surface area is 217 Å². The molecular formula is C31H30N2O4. The second-order valence-corrected chi connectivity index (χ2v) is 8.88. The molecule has 3 aromatic carbocycles. The maximum Gasteiger partial charge on any atom is 0.336 e. The van der Waals surface area contributed by atoms with Gasteiger partial charge in [0.15, 0.2) is 0 Å². The third-order valence-corrected chi connectivity index (χ3v) is 6.13. The molecule has 0 bridgehead atoms. The standard InChI is InChI=1S/C31H30N2O4/c1-3-4-7-18-35-27-9-6-5-8-24(27)30-25-16-15-23(19-28(25)37-31(33)26(30)20-32)36-29(34)17-14-22-12-10-21(2)11-13-22/h5-6,8-17,19,30H,3-4,7,18,33H2,1-2H3/b17-14+. The molecule has 4 rings (SSSR count). The number of nitriles is 1. The largest absolute Gasteiger partial charge is 0.493 e. The van der Waals surface area contributed by atoms with Crippen LogP contribution in [0, 0.1) is 18.3 Å². The first-order valence-electron chi connectivity index (χ1n) is 12.4. The Kier molecular flexibility index (Phi) is 8.27. The lowest BCUT2D eigenvalue weighted by molar-refractivity contribution is -0.128. The first-order valence-corrected chi connectivity index (χ1v) is 12.4. The van der Waals surface area contributed by atoms with E-state index >= 15 is 0 Å². The summed E-state index contributed by atoms with van der Waals surface area (Å²) in [5.74, 6) is 0.475. The molecule has 188 valence electrons. The Bertz CT molecular complexity index is 1370. The lowest BCUT2D eigenvalue weighted by Gasteiger charge is -2.28. The highest BCUT2D eigenvalue weighted by Gasteiger charge is 2.32. The van der Waals surface area contributed by atoms with Crippen molar-refractivity contribution in [2.75, 3.05) is 6.61 Å². The maximum atomic E-state index is 12.4. The van der Waals surface area contributed by atoms with E-state index in [1.54, 1.807) is 24.3 Å². The number of para-hydroxylation sites is 1. The van der Waals surface area contributed by atoms with Gasteiger partial charge in [-0.25, -0.2) is 4.79 Å². The Hall–Kier alpha value is -4.50. The number of esters is 1. The summed E-state index contributed by atoms with van der Waals surface area (Å²) in [5, 5.41) is 9.91. The van der Waals surface area contributed by atoms with Crippen molar-refractivity contribution in [3.8, 4) is 23.3 Å². The van der Waals surface area contributed by atoms with Crippen molar-refractivity contribution in [1.29, 1.82) is 5.26 Å². The monoisotopic (exact) mass is 494 g/mol. The molecule has 2 N–H and O–H groups in total. The molecule has 37 heavy (non-hydrogen) atoms. The molecule has 6 nitrogen and oxygen atoms in total. The van der Waals surface area contributed by atoms with Crippen LogP contribution < -0.4 is 19.9 Å². The van der Waals surface area contributed by atoms with Gasteiger partial charge in [0, 0.05) is 23.3 Å². The molecule has 0 saturated heterocycles. The number of allylic oxidation sites excluding steroid dienone is 1. The average Bonchev–Trinajstić information content (AvgIpc) is 2.90. The molecule has 1 aliphatic heterocycles. The van der Waals surface area contributed by atoms with Crippen molar-refractivity contribution in [3.05, 3.63) is 107 Å². The third-order valence-electron chi connectivity index (χ3n) is 6.13. The van der Waals surface area contributed by atoms with E-state index < -0.39 is 11.9 Å². The Morgan fingerprint density at radius 1 is 1.08 bits per heavy atom. The van der Waals surface area contributed by atoms with Gasteiger partial charge in [-0.15, -0.1) is 0 Å². The topological polar surface area (TPSA) is 94.6 Å². The van der Waals surface area contributed by atoms with Crippen LogP contribution >= 0.6 is 0 Å². The molecule has 1 heterocycles. The normalized spacial score (nSPS) is 14.6. The highest BCUT2D eigenvalue weighted by Crippen LogP contribution is 2.45. The fourth-order valence-electron chi connectivity index (χ4n) is 4.20. The summed E-state index contributed by atoms with van der Waals surface area (Å²) in [6.07, 6.45) is 6.21. The van der Waals surface area contributed by atoms with E-state index in [1.165, 1.54) is 6.08 Å². The van der Waals surface area contributed by atoms with Crippen molar-refractivity contribution < 1.29 is 19.0 Å². The number of carbonyl (C=O) groups is 1. The highest BCUT2D eigenvalue weighted by molar-refractivity contribution is 5.88. The van der Waals surface area contributed by atoms with Gasteiger partial charge in [0.2, 0.25) is 5.88 Å². The molecule has 1 atom stereocenters. The van der Waals surface area contributed by atoms with Crippen molar-refractivity contribution in [3.63, 3.8) is 0 Å². The number of hydrogen-bond donors (Lipinski definition) is 1. The van der Waals surface area contributed by atoms with Crippen LogP contribution in [0.4, 0.5) is 0 Å². The van der Waals surface area contributed by atoms with Crippen LogP contribution in [-0.2, 0) is 4.79 Å². The van der Waals surface area contributed by atoms with Gasteiger partial charge in [0.25, 0.3) is 0 Å². The molecule has 0 saturated carbocycles. The number of hydrogen-bond acceptors (Lipinski definition) is 6. The molecule has 0 aromatic heterocycles. The fraction of sp³-hybridized carbons (Fsp3) is 0.226. The van der Waals surface area contributed by atoms with Gasteiger partial charge in [0.05, 0.1) is 12.5 Å². The molecule has 0 amide bonds. The number of rotatable bonds is 9. The number of nitrogens with two attached hydrogens (primary N) is 1. The Balaban J connectivity index is 1.59. The van der Waals surface area contributed by atoms with E-state index in [-0.39, 0.29) is 5.88 Å². The molecule has 0 aliphatic carbocycles. The minimum absolute atomic E-state index is 0.0172. The van der Waals surface area contributed by atoms with Gasteiger partial charge in [-0.05, 0) is 37.1 Å². The predicted molar refractivity (Wildman–Crippen MR) is 143 cm³/mol. The van der Waals surface area contributed by atoms with Crippen LogP contribution in [0.1, 0.15) is 54.4 Å². The van der Waals surface area contributed by atoms with Crippen molar-refractivity contribution in [2.45, 2.75) is 39.0 Å². The summed E-state index contributed by atoms with van der Waals surface area (Å²) in [6.45, 7) is 4.74. The minimum Gasteiger partial charge on any atom is -0.493 e.